The van der Waals surface area contributed by atoms with Gasteiger partial charge >= 0.3 is 0 Å². The molecule has 0 saturated heterocycles. The normalized spacial score (nSPS) is 20.7. The first-order valence-electron chi connectivity index (χ1n) is 6.84. The maximum atomic E-state index is 10.6. The van der Waals surface area contributed by atoms with E-state index in [1.54, 1.807) is 7.11 Å². The molecule has 2 atom stereocenters. The summed E-state index contributed by atoms with van der Waals surface area (Å²) in [6.45, 7) is 4.70. The van der Waals surface area contributed by atoms with E-state index in [0.29, 0.717) is 25.0 Å². The van der Waals surface area contributed by atoms with Crippen molar-refractivity contribution in [3.05, 3.63) is 18.0 Å². The smallest absolute Gasteiger partial charge is 0.0963 e. The first kappa shape index (κ1) is 13.6. The zero-order valence-corrected chi connectivity index (χ0v) is 11.6. The number of aliphatic hydroxyl groups is 1. The van der Waals surface area contributed by atoms with Gasteiger partial charge in [-0.05, 0) is 38.2 Å². The maximum absolute atomic E-state index is 10.6. The van der Waals surface area contributed by atoms with E-state index in [9.17, 15) is 5.11 Å². The van der Waals surface area contributed by atoms with Gasteiger partial charge in [-0.25, -0.2) is 0 Å². The molecule has 4 heteroatoms. The standard InChI is InChI=1S/C14H24N2O2/c1-4-11(2)16-8-7-13(15-16)9-14(17,10-18-3)12-5-6-12/h7-8,11-12,17H,4-6,9-10H2,1-3H3. The molecule has 18 heavy (non-hydrogen) atoms. The second kappa shape index (κ2) is 5.41. The van der Waals surface area contributed by atoms with E-state index in [0.717, 1.165) is 25.0 Å². The highest BCUT2D eigenvalue weighted by Gasteiger charge is 2.44. The van der Waals surface area contributed by atoms with Crippen LogP contribution >= 0.6 is 0 Å². The number of hydrogen-bond acceptors (Lipinski definition) is 3. The van der Waals surface area contributed by atoms with Crippen molar-refractivity contribution in [1.82, 2.24) is 9.78 Å². The number of aromatic nitrogens is 2. The summed E-state index contributed by atoms with van der Waals surface area (Å²) in [6.07, 6.45) is 5.86. The van der Waals surface area contributed by atoms with E-state index >= 15 is 0 Å². The Hall–Kier alpha value is -0.870. The van der Waals surface area contributed by atoms with Crippen molar-refractivity contribution in [2.24, 2.45) is 5.92 Å². The summed E-state index contributed by atoms with van der Waals surface area (Å²) in [5.41, 5.74) is 0.227. The third kappa shape index (κ3) is 2.93. The van der Waals surface area contributed by atoms with Crippen LogP contribution in [0.2, 0.25) is 0 Å². The third-order valence-electron chi connectivity index (χ3n) is 3.92. The van der Waals surface area contributed by atoms with Crippen molar-refractivity contribution in [2.75, 3.05) is 13.7 Å². The fourth-order valence-corrected chi connectivity index (χ4v) is 2.40. The average molecular weight is 252 g/mol. The van der Waals surface area contributed by atoms with Crippen molar-refractivity contribution < 1.29 is 9.84 Å². The molecule has 1 aromatic heterocycles. The highest BCUT2D eigenvalue weighted by atomic mass is 16.5. The molecule has 1 heterocycles. The molecule has 1 N–H and O–H groups in total. The number of hydrogen-bond donors (Lipinski definition) is 1. The molecule has 1 saturated carbocycles. The summed E-state index contributed by atoms with van der Waals surface area (Å²) in [6, 6.07) is 2.42. The lowest BCUT2D eigenvalue weighted by Crippen LogP contribution is -2.39. The third-order valence-corrected chi connectivity index (χ3v) is 3.92. The van der Waals surface area contributed by atoms with Crippen molar-refractivity contribution in [1.29, 1.82) is 0 Å². The van der Waals surface area contributed by atoms with Gasteiger partial charge in [0.25, 0.3) is 0 Å². The maximum Gasteiger partial charge on any atom is 0.0963 e. The van der Waals surface area contributed by atoms with Gasteiger partial charge in [0.15, 0.2) is 0 Å². The number of rotatable bonds is 7. The van der Waals surface area contributed by atoms with E-state index in [4.69, 9.17) is 4.74 Å². The van der Waals surface area contributed by atoms with Gasteiger partial charge in [0, 0.05) is 25.8 Å². The molecule has 0 aromatic carbocycles. The molecular weight excluding hydrogens is 228 g/mol. The molecule has 2 unspecified atom stereocenters. The molecule has 1 aromatic rings. The zero-order valence-electron chi connectivity index (χ0n) is 11.6. The lowest BCUT2D eigenvalue weighted by molar-refractivity contribution is -0.0481. The van der Waals surface area contributed by atoms with Gasteiger partial charge in [0.2, 0.25) is 0 Å². The Morgan fingerprint density at radius 2 is 2.33 bits per heavy atom. The second-order valence-electron chi connectivity index (χ2n) is 5.53. The molecule has 0 aliphatic heterocycles. The molecule has 4 nitrogen and oxygen atoms in total. The van der Waals surface area contributed by atoms with Gasteiger partial charge in [0.1, 0.15) is 0 Å². The van der Waals surface area contributed by atoms with Gasteiger partial charge in [0.05, 0.1) is 17.9 Å². The highest BCUT2D eigenvalue weighted by molar-refractivity contribution is 5.08. The van der Waals surface area contributed by atoms with Crippen LogP contribution in [-0.4, -0.2) is 34.2 Å². The number of ether oxygens (including phenoxy) is 1. The van der Waals surface area contributed by atoms with Gasteiger partial charge in [-0.2, -0.15) is 5.10 Å². The summed E-state index contributed by atoms with van der Waals surface area (Å²) in [5.74, 6) is 0.381. The summed E-state index contributed by atoms with van der Waals surface area (Å²) in [5, 5.41) is 15.2. The Balaban J connectivity index is 2.05. The summed E-state index contributed by atoms with van der Waals surface area (Å²) in [7, 11) is 1.64. The molecule has 0 amide bonds. The lowest BCUT2D eigenvalue weighted by Gasteiger charge is -2.26. The van der Waals surface area contributed by atoms with Crippen LogP contribution in [0.1, 0.15) is 44.8 Å². The van der Waals surface area contributed by atoms with Crippen LogP contribution in [0.15, 0.2) is 12.3 Å². The van der Waals surface area contributed by atoms with Gasteiger partial charge in [-0.3, -0.25) is 4.68 Å². The molecule has 1 fully saturated rings. The number of nitrogens with zero attached hydrogens (tertiary/aromatic N) is 2. The topological polar surface area (TPSA) is 47.3 Å². The second-order valence-corrected chi connectivity index (χ2v) is 5.53. The fraction of sp³-hybridized carbons (Fsp3) is 0.786. The summed E-state index contributed by atoms with van der Waals surface area (Å²) in [4.78, 5) is 0. The Kier molecular flexibility index (Phi) is 4.07. The van der Waals surface area contributed by atoms with Crippen molar-refractivity contribution >= 4 is 0 Å². The van der Waals surface area contributed by atoms with E-state index in [-0.39, 0.29) is 0 Å². The van der Waals surface area contributed by atoms with Gasteiger partial charge in [-0.15, -0.1) is 0 Å². The molecule has 1 aliphatic carbocycles. The molecule has 0 bridgehead atoms. The predicted molar refractivity (Wildman–Crippen MR) is 70.5 cm³/mol. The lowest BCUT2D eigenvalue weighted by atomic mass is 9.93. The van der Waals surface area contributed by atoms with Gasteiger partial charge in [-0.1, -0.05) is 6.92 Å². The quantitative estimate of drug-likeness (QED) is 0.809. The highest BCUT2D eigenvalue weighted by Crippen LogP contribution is 2.41. The first-order valence-corrected chi connectivity index (χ1v) is 6.84. The Morgan fingerprint density at radius 1 is 1.61 bits per heavy atom. The summed E-state index contributed by atoms with van der Waals surface area (Å²) < 4.78 is 7.15. The molecule has 1 aliphatic rings. The predicted octanol–water partition coefficient (Wildman–Crippen LogP) is 2.18. The molecule has 2 rings (SSSR count). The van der Waals surface area contributed by atoms with Crippen LogP contribution in [0.4, 0.5) is 0 Å². The molecule has 0 radical (unpaired) electrons. The summed E-state index contributed by atoms with van der Waals surface area (Å²) >= 11 is 0. The van der Waals surface area contributed by atoms with Crippen molar-refractivity contribution in [3.8, 4) is 0 Å². The minimum atomic E-state index is -0.733. The minimum Gasteiger partial charge on any atom is -0.387 e. The van der Waals surface area contributed by atoms with E-state index < -0.39 is 5.60 Å². The van der Waals surface area contributed by atoms with Crippen LogP contribution < -0.4 is 0 Å². The first-order chi connectivity index (χ1) is 8.59. The molecule has 102 valence electrons. The fourth-order valence-electron chi connectivity index (χ4n) is 2.40. The average Bonchev–Trinajstić information content (AvgIpc) is 3.11. The van der Waals surface area contributed by atoms with Crippen molar-refractivity contribution in [2.45, 2.75) is 51.2 Å². The SMILES string of the molecule is CCC(C)n1ccc(CC(O)(COC)C2CC2)n1. The molecule has 0 spiro atoms. The molecular formula is C14H24N2O2. The van der Waals surface area contributed by atoms with Crippen LogP contribution in [0.25, 0.3) is 0 Å². The Labute approximate surface area is 109 Å². The van der Waals surface area contributed by atoms with Crippen molar-refractivity contribution in [3.63, 3.8) is 0 Å². The minimum absolute atomic E-state index is 0.381. The zero-order chi connectivity index (χ0) is 13.2. The van der Waals surface area contributed by atoms with Crippen LogP contribution in [0.3, 0.4) is 0 Å². The number of methoxy groups -OCH3 is 1. The van der Waals surface area contributed by atoms with E-state index in [1.807, 2.05) is 16.9 Å². The van der Waals surface area contributed by atoms with E-state index in [2.05, 4.69) is 18.9 Å². The Morgan fingerprint density at radius 3 is 2.89 bits per heavy atom. The van der Waals surface area contributed by atoms with Crippen LogP contribution in [0.5, 0.6) is 0 Å². The largest absolute Gasteiger partial charge is 0.387 e. The van der Waals surface area contributed by atoms with Crippen LogP contribution in [0, 0.1) is 5.92 Å². The van der Waals surface area contributed by atoms with E-state index in [1.165, 1.54) is 0 Å². The monoisotopic (exact) mass is 252 g/mol. The Bertz CT molecular complexity index is 387. The van der Waals surface area contributed by atoms with Gasteiger partial charge < -0.3 is 9.84 Å². The van der Waals surface area contributed by atoms with Crippen LogP contribution in [-0.2, 0) is 11.2 Å².